The van der Waals surface area contributed by atoms with E-state index in [0.29, 0.717) is 0 Å². The maximum absolute atomic E-state index is 5.62. The van der Waals surface area contributed by atoms with Crippen LogP contribution in [0.3, 0.4) is 0 Å². The average molecular weight is 236 g/mol. The van der Waals surface area contributed by atoms with Crippen molar-refractivity contribution in [3.05, 3.63) is 71.7 Å². The number of fused-ring (bicyclic) bond motifs is 1. The van der Waals surface area contributed by atoms with Gasteiger partial charge in [0.1, 0.15) is 11.5 Å². The summed E-state index contributed by atoms with van der Waals surface area (Å²) < 4.78 is 5.62. The molecule has 0 saturated heterocycles. The number of aryl methyl sites for hydroxylation is 3. The predicted octanol–water partition coefficient (Wildman–Crippen LogP) is 4.53. The van der Waals surface area contributed by atoms with E-state index in [-0.39, 0.29) is 0 Å². The summed E-state index contributed by atoms with van der Waals surface area (Å²) in [6.45, 7) is 1.99. The van der Waals surface area contributed by atoms with Crippen LogP contribution in [0.15, 0.2) is 59.0 Å². The maximum atomic E-state index is 5.62. The lowest BCUT2D eigenvalue weighted by Gasteiger charge is -2.05. The van der Waals surface area contributed by atoms with Gasteiger partial charge < -0.3 is 4.42 Å². The molecule has 0 amide bonds. The molecule has 1 aromatic heterocycles. The Labute approximate surface area is 107 Å². The van der Waals surface area contributed by atoms with Crippen LogP contribution in [0.25, 0.3) is 10.8 Å². The van der Waals surface area contributed by atoms with E-state index < -0.39 is 0 Å². The molecule has 2 aromatic carbocycles. The lowest BCUT2D eigenvalue weighted by Crippen LogP contribution is -1.91. The van der Waals surface area contributed by atoms with Gasteiger partial charge in [-0.2, -0.15) is 0 Å². The summed E-state index contributed by atoms with van der Waals surface area (Å²) in [5.41, 5.74) is 1.39. The van der Waals surface area contributed by atoms with Gasteiger partial charge in [0.15, 0.2) is 0 Å². The molecule has 0 unspecified atom stereocenters. The first kappa shape index (κ1) is 11.1. The van der Waals surface area contributed by atoms with Gasteiger partial charge in [0.25, 0.3) is 0 Å². The zero-order valence-electron chi connectivity index (χ0n) is 10.5. The molecule has 0 N–H and O–H groups in total. The minimum Gasteiger partial charge on any atom is -0.466 e. The second kappa shape index (κ2) is 4.69. The first-order valence-corrected chi connectivity index (χ1v) is 6.35. The number of benzene rings is 2. The highest BCUT2D eigenvalue weighted by atomic mass is 16.3. The largest absolute Gasteiger partial charge is 0.466 e. The summed E-state index contributed by atoms with van der Waals surface area (Å²) in [5, 5.41) is 2.66. The van der Waals surface area contributed by atoms with Crippen LogP contribution in [0.1, 0.15) is 17.1 Å². The van der Waals surface area contributed by atoms with E-state index in [1.54, 1.807) is 0 Å². The van der Waals surface area contributed by atoms with E-state index in [1.165, 1.54) is 16.3 Å². The molecule has 0 spiro atoms. The van der Waals surface area contributed by atoms with Crippen molar-refractivity contribution >= 4 is 10.8 Å². The van der Waals surface area contributed by atoms with Crippen LogP contribution >= 0.6 is 0 Å². The minimum absolute atomic E-state index is 0.960. The molecular formula is C17H16O. The lowest BCUT2D eigenvalue weighted by atomic mass is 10.0. The number of hydrogen-bond donors (Lipinski definition) is 0. The third-order valence-electron chi connectivity index (χ3n) is 3.32. The fourth-order valence-corrected chi connectivity index (χ4v) is 2.39. The molecule has 0 aliphatic heterocycles. The average Bonchev–Trinajstić information content (AvgIpc) is 2.82. The molecule has 90 valence electrons. The van der Waals surface area contributed by atoms with E-state index in [4.69, 9.17) is 4.42 Å². The predicted molar refractivity (Wildman–Crippen MR) is 74.8 cm³/mol. The van der Waals surface area contributed by atoms with E-state index >= 15 is 0 Å². The first-order valence-electron chi connectivity index (χ1n) is 6.35. The Bertz CT molecular complexity index is 659. The molecule has 1 nitrogen and oxygen atoms in total. The molecular weight excluding hydrogens is 220 g/mol. The van der Waals surface area contributed by atoms with Gasteiger partial charge in [-0.25, -0.2) is 0 Å². The Morgan fingerprint density at radius 3 is 2.50 bits per heavy atom. The monoisotopic (exact) mass is 236 g/mol. The van der Waals surface area contributed by atoms with Crippen molar-refractivity contribution in [3.63, 3.8) is 0 Å². The lowest BCUT2D eigenvalue weighted by molar-refractivity contribution is 0.482. The number of furan rings is 1. The van der Waals surface area contributed by atoms with Gasteiger partial charge in [-0.05, 0) is 41.8 Å². The highest BCUT2D eigenvalue weighted by molar-refractivity contribution is 5.85. The Morgan fingerprint density at radius 1 is 0.833 bits per heavy atom. The Hall–Kier alpha value is -2.02. The van der Waals surface area contributed by atoms with Crippen molar-refractivity contribution in [2.24, 2.45) is 0 Å². The summed E-state index contributed by atoms with van der Waals surface area (Å²) in [6, 6.07) is 19.1. The van der Waals surface area contributed by atoms with Crippen LogP contribution in [0.5, 0.6) is 0 Å². The van der Waals surface area contributed by atoms with Gasteiger partial charge in [0.05, 0.1) is 0 Å². The van der Waals surface area contributed by atoms with Crippen molar-refractivity contribution in [2.45, 2.75) is 19.8 Å². The van der Waals surface area contributed by atoms with Gasteiger partial charge in [-0.15, -0.1) is 0 Å². The molecule has 3 aromatic rings. The third kappa shape index (κ3) is 2.17. The molecule has 1 heteroatoms. The minimum atomic E-state index is 0.960. The van der Waals surface area contributed by atoms with E-state index in [1.807, 2.05) is 13.0 Å². The molecule has 0 atom stereocenters. The smallest absolute Gasteiger partial charge is 0.104 e. The fourth-order valence-electron chi connectivity index (χ4n) is 2.39. The molecule has 0 aliphatic carbocycles. The van der Waals surface area contributed by atoms with Gasteiger partial charge in [-0.1, -0.05) is 42.5 Å². The molecule has 0 radical (unpaired) electrons. The fraction of sp³-hybridized carbons (Fsp3) is 0.176. The first-order chi connectivity index (χ1) is 8.83. The second-order valence-corrected chi connectivity index (χ2v) is 4.65. The Kier molecular flexibility index (Phi) is 2.89. The Morgan fingerprint density at radius 2 is 1.67 bits per heavy atom. The van der Waals surface area contributed by atoms with Crippen LogP contribution in [0.4, 0.5) is 0 Å². The molecule has 0 fully saturated rings. The van der Waals surface area contributed by atoms with Crippen molar-refractivity contribution in [1.82, 2.24) is 0 Å². The maximum Gasteiger partial charge on any atom is 0.104 e. The van der Waals surface area contributed by atoms with Crippen molar-refractivity contribution < 1.29 is 4.42 Å². The number of hydrogen-bond acceptors (Lipinski definition) is 1. The van der Waals surface area contributed by atoms with Crippen molar-refractivity contribution in [1.29, 1.82) is 0 Å². The van der Waals surface area contributed by atoms with Gasteiger partial charge in [0.2, 0.25) is 0 Å². The molecule has 0 bridgehead atoms. The topological polar surface area (TPSA) is 13.1 Å². The SMILES string of the molecule is Cc1ccc(CCc2cccc3ccccc23)o1. The van der Waals surface area contributed by atoms with Crippen molar-refractivity contribution in [2.75, 3.05) is 0 Å². The standard InChI is InChI=1S/C17H16O/c1-13-9-11-16(18-13)12-10-15-7-4-6-14-5-2-3-8-17(14)15/h2-9,11H,10,12H2,1H3. The summed E-state index contributed by atoms with van der Waals surface area (Å²) in [6.07, 6.45) is 1.98. The summed E-state index contributed by atoms with van der Waals surface area (Å²) in [4.78, 5) is 0. The number of rotatable bonds is 3. The van der Waals surface area contributed by atoms with Crippen LogP contribution < -0.4 is 0 Å². The van der Waals surface area contributed by atoms with Gasteiger partial charge in [-0.3, -0.25) is 0 Å². The molecule has 3 rings (SSSR count). The molecule has 18 heavy (non-hydrogen) atoms. The summed E-state index contributed by atoms with van der Waals surface area (Å²) in [5.74, 6) is 2.06. The van der Waals surface area contributed by atoms with E-state index in [0.717, 1.165) is 24.4 Å². The Balaban J connectivity index is 1.86. The highest BCUT2D eigenvalue weighted by Gasteiger charge is 2.03. The summed E-state index contributed by atoms with van der Waals surface area (Å²) in [7, 11) is 0. The van der Waals surface area contributed by atoms with Crippen LogP contribution in [-0.4, -0.2) is 0 Å². The molecule has 0 saturated carbocycles. The highest BCUT2D eigenvalue weighted by Crippen LogP contribution is 2.20. The van der Waals surface area contributed by atoms with Crippen LogP contribution in [0.2, 0.25) is 0 Å². The van der Waals surface area contributed by atoms with Crippen LogP contribution in [0, 0.1) is 6.92 Å². The quantitative estimate of drug-likeness (QED) is 0.651. The zero-order chi connectivity index (χ0) is 12.4. The second-order valence-electron chi connectivity index (χ2n) is 4.65. The third-order valence-corrected chi connectivity index (χ3v) is 3.32. The van der Waals surface area contributed by atoms with Gasteiger partial charge >= 0.3 is 0 Å². The normalized spacial score (nSPS) is 10.9. The molecule has 1 heterocycles. The van der Waals surface area contributed by atoms with E-state index in [9.17, 15) is 0 Å². The van der Waals surface area contributed by atoms with Crippen LogP contribution in [-0.2, 0) is 12.8 Å². The van der Waals surface area contributed by atoms with Gasteiger partial charge in [0, 0.05) is 6.42 Å². The molecule has 0 aliphatic rings. The zero-order valence-corrected chi connectivity index (χ0v) is 10.5. The van der Waals surface area contributed by atoms with Crippen molar-refractivity contribution in [3.8, 4) is 0 Å². The summed E-state index contributed by atoms with van der Waals surface area (Å²) >= 11 is 0. The van der Waals surface area contributed by atoms with E-state index in [2.05, 4.69) is 48.5 Å².